The van der Waals surface area contributed by atoms with Crippen LogP contribution in [0.5, 0.6) is 0 Å². The summed E-state index contributed by atoms with van der Waals surface area (Å²) in [5.74, 6) is -1.68. The van der Waals surface area contributed by atoms with Crippen molar-refractivity contribution in [3.8, 4) is 0 Å². The van der Waals surface area contributed by atoms with E-state index < -0.39 is 21.9 Å². The van der Waals surface area contributed by atoms with Gasteiger partial charge in [-0.2, -0.15) is 8.42 Å². The molecule has 31 heavy (non-hydrogen) atoms. The first-order valence-electron chi connectivity index (χ1n) is 11.3. The Bertz CT molecular complexity index is 1030. The van der Waals surface area contributed by atoms with Gasteiger partial charge >= 0.3 is 0 Å². The molecule has 0 aromatic heterocycles. The number of fused-ring (bicyclic) bond motifs is 3. The number of hydroxylamine groups is 2. The Morgan fingerprint density at radius 3 is 2.06 bits per heavy atom. The lowest BCUT2D eigenvalue weighted by atomic mass is 10.0. The minimum Gasteiger partial charge on any atom is -0.266 e. The monoisotopic (exact) mass is 445 g/mol. The second-order valence-corrected chi connectivity index (χ2v) is 9.80. The number of imide groups is 1. The maximum atomic E-state index is 12.8. The second-order valence-electron chi connectivity index (χ2n) is 8.13. The predicted molar refractivity (Wildman–Crippen MR) is 121 cm³/mol. The summed E-state index contributed by atoms with van der Waals surface area (Å²) in [4.78, 5) is 25.3. The lowest BCUT2D eigenvalue weighted by Gasteiger charge is -2.13. The van der Waals surface area contributed by atoms with Gasteiger partial charge in [0.25, 0.3) is 21.9 Å². The van der Waals surface area contributed by atoms with Crippen LogP contribution >= 0.6 is 0 Å². The highest BCUT2D eigenvalue weighted by molar-refractivity contribution is 7.86. The Labute approximate surface area is 184 Å². The summed E-state index contributed by atoms with van der Waals surface area (Å²) < 4.78 is 29.7. The number of carbonyl (C=O) groups is 2. The van der Waals surface area contributed by atoms with Crippen LogP contribution in [0.25, 0.3) is 10.8 Å². The summed E-state index contributed by atoms with van der Waals surface area (Å²) in [6, 6.07) is 10.4. The topological polar surface area (TPSA) is 80.8 Å². The number of unbranched alkanes of at least 4 members (excludes halogenated alkanes) is 9. The highest BCUT2D eigenvalue weighted by atomic mass is 32.2. The lowest BCUT2D eigenvalue weighted by molar-refractivity contribution is -0.0103. The first-order valence-corrected chi connectivity index (χ1v) is 12.8. The minimum absolute atomic E-state index is 0.165. The molecular formula is C24H31NO5S. The van der Waals surface area contributed by atoms with Gasteiger partial charge in [0.05, 0.1) is 16.9 Å². The highest BCUT2D eigenvalue weighted by Gasteiger charge is 2.40. The first kappa shape index (κ1) is 23.4. The van der Waals surface area contributed by atoms with Gasteiger partial charge in [-0.05, 0) is 23.3 Å². The third kappa shape index (κ3) is 5.92. The van der Waals surface area contributed by atoms with Crippen LogP contribution in [-0.2, 0) is 14.4 Å². The molecule has 2 aromatic carbocycles. The fourth-order valence-corrected chi connectivity index (χ4v) is 4.96. The van der Waals surface area contributed by atoms with E-state index in [0.29, 0.717) is 16.9 Å². The minimum atomic E-state index is -4.03. The van der Waals surface area contributed by atoms with Gasteiger partial charge in [-0.15, -0.1) is 9.35 Å². The summed E-state index contributed by atoms with van der Waals surface area (Å²) in [5, 5.41) is 1.80. The summed E-state index contributed by atoms with van der Waals surface area (Å²) in [7, 11) is -4.03. The number of nitrogens with zero attached hydrogens (tertiary/aromatic N) is 1. The van der Waals surface area contributed by atoms with Gasteiger partial charge < -0.3 is 0 Å². The molecule has 0 unspecified atom stereocenters. The molecule has 0 radical (unpaired) electrons. The van der Waals surface area contributed by atoms with E-state index in [9.17, 15) is 18.0 Å². The van der Waals surface area contributed by atoms with Gasteiger partial charge in [-0.1, -0.05) is 95.0 Å². The average molecular weight is 446 g/mol. The van der Waals surface area contributed by atoms with E-state index in [-0.39, 0.29) is 16.9 Å². The number of amides is 2. The van der Waals surface area contributed by atoms with Crippen molar-refractivity contribution in [2.75, 3.05) is 5.75 Å². The summed E-state index contributed by atoms with van der Waals surface area (Å²) in [6.07, 6.45) is 10.8. The molecule has 3 rings (SSSR count). The van der Waals surface area contributed by atoms with E-state index in [0.717, 1.165) is 24.6 Å². The number of rotatable bonds is 13. The van der Waals surface area contributed by atoms with Crippen LogP contribution in [0.3, 0.4) is 0 Å². The van der Waals surface area contributed by atoms with E-state index >= 15 is 0 Å². The van der Waals surface area contributed by atoms with Gasteiger partial charge in [0, 0.05) is 0 Å². The fraction of sp³-hybridized carbons (Fsp3) is 0.500. The third-order valence-corrected chi connectivity index (χ3v) is 6.84. The Hall–Kier alpha value is -2.25. The van der Waals surface area contributed by atoms with E-state index in [1.54, 1.807) is 18.2 Å². The van der Waals surface area contributed by atoms with Crippen LogP contribution in [0, 0.1) is 0 Å². The smallest absolute Gasteiger partial charge is 0.266 e. The van der Waals surface area contributed by atoms with Gasteiger partial charge in [-0.25, -0.2) is 0 Å². The molecule has 0 bridgehead atoms. The number of hydrogen-bond acceptors (Lipinski definition) is 5. The molecule has 6 nitrogen and oxygen atoms in total. The Morgan fingerprint density at radius 2 is 1.39 bits per heavy atom. The van der Waals surface area contributed by atoms with E-state index in [4.69, 9.17) is 4.28 Å². The third-order valence-electron chi connectivity index (χ3n) is 5.68. The van der Waals surface area contributed by atoms with Gasteiger partial charge in [0.1, 0.15) is 0 Å². The van der Waals surface area contributed by atoms with Crippen molar-refractivity contribution in [1.82, 2.24) is 5.06 Å². The van der Waals surface area contributed by atoms with Crippen LogP contribution < -0.4 is 0 Å². The molecule has 0 aliphatic carbocycles. The molecule has 7 heteroatoms. The van der Waals surface area contributed by atoms with Crippen LogP contribution in [0.1, 0.15) is 91.8 Å². The molecule has 1 aliphatic rings. The molecule has 0 saturated heterocycles. The second kappa shape index (κ2) is 10.9. The van der Waals surface area contributed by atoms with Crippen molar-refractivity contribution in [3.63, 3.8) is 0 Å². The zero-order chi connectivity index (χ0) is 22.3. The standard InChI is InChI=1S/C24H31NO5S/c1-2-3-4-5-6-7-8-9-10-13-18-31(28,29)30-25-23(26)21-17-16-19-14-11-12-15-20(19)22(21)24(25)27/h11-12,14-17H,2-10,13,18H2,1H3. The zero-order valence-electron chi connectivity index (χ0n) is 18.1. The van der Waals surface area contributed by atoms with Crippen molar-refractivity contribution in [2.45, 2.75) is 71.1 Å². The molecule has 2 aromatic rings. The Morgan fingerprint density at radius 1 is 0.774 bits per heavy atom. The molecule has 0 fully saturated rings. The zero-order valence-corrected chi connectivity index (χ0v) is 19.0. The SMILES string of the molecule is CCCCCCCCCCCCS(=O)(=O)ON1C(=O)c2ccc3ccccc3c2C1=O. The van der Waals surface area contributed by atoms with Crippen molar-refractivity contribution in [1.29, 1.82) is 0 Å². The molecule has 2 amide bonds. The Balaban J connectivity index is 1.47. The van der Waals surface area contributed by atoms with Crippen molar-refractivity contribution >= 4 is 32.7 Å². The molecule has 0 atom stereocenters. The maximum absolute atomic E-state index is 12.8. The molecule has 0 saturated carbocycles. The number of hydrogen-bond donors (Lipinski definition) is 0. The van der Waals surface area contributed by atoms with Crippen LogP contribution in [0.4, 0.5) is 0 Å². The molecule has 168 valence electrons. The van der Waals surface area contributed by atoms with E-state index in [2.05, 4.69) is 6.92 Å². The number of benzene rings is 2. The van der Waals surface area contributed by atoms with Crippen LogP contribution in [0.15, 0.2) is 36.4 Å². The van der Waals surface area contributed by atoms with Crippen LogP contribution in [0.2, 0.25) is 0 Å². The largest absolute Gasteiger partial charge is 0.288 e. The van der Waals surface area contributed by atoms with Gasteiger partial charge in [-0.3, -0.25) is 9.59 Å². The maximum Gasteiger partial charge on any atom is 0.288 e. The summed E-state index contributed by atoms with van der Waals surface area (Å²) in [6.45, 7) is 2.20. The van der Waals surface area contributed by atoms with Crippen molar-refractivity contribution in [2.24, 2.45) is 0 Å². The Kier molecular flexibility index (Phi) is 8.21. The van der Waals surface area contributed by atoms with Crippen molar-refractivity contribution < 1.29 is 22.3 Å². The molecule has 0 N–H and O–H groups in total. The van der Waals surface area contributed by atoms with E-state index in [1.165, 1.54) is 44.6 Å². The average Bonchev–Trinajstić information content (AvgIpc) is 2.99. The van der Waals surface area contributed by atoms with Crippen molar-refractivity contribution in [3.05, 3.63) is 47.5 Å². The van der Waals surface area contributed by atoms with Gasteiger partial charge in [0.15, 0.2) is 0 Å². The quantitative estimate of drug-likeness (QED) is 0.295. The van der Waals surface area contributed by atoms with Gasteiger partial charge in [0.2, 0.25) is 0 Å². The normalized spacial score (nSPS) is 13.9. The predicted octanol–water partition coefficient (Wildman–Crippen LogP) is 5.62. The number of carbonyl (C=O) groups excluding carboxylic acids is 2. The van der Waals surface area contributed by atoms with E-state index in [1.807, 2.05) is 12.1 Å². The molecular weight excluding hydrogens is 414 g/mol. The fourth-order valence-electron chi connectivity index (χ4n) is 3.97. The molecule has 1 aliphatic heterocycles. The summed E-state index contributed by atoms with van der Waals surface area (Å²) >= 11 is 0. The highest BCUT2D eigenvalue weighted by Crippen LogP contribution is 2.31. The molecule has 1 heterocycles. The first-order chi connectivity index (χ1) is 14.9. The van der Waals surface area contributed by atoms with Crippen LogP contribution in [-0.4, -0.2) is 31.0 Å². The molecule has 0 spiro atoms. The lowest BCUT2D eigenvalue weighted by Crippen LogP contribution is -2.33. The summed E-state index contributed by atoms with van der Waals surface area (Å²) in [5.41, 5.74) is 0.357.